The van der Waals surface area contributed by atoms with Crippen molar-refractivity contribution in [2.45, 2.75) is 25.2 Å². The lowest BCUT2D eigenvalue weighted by Gasteiger charge is -2.31. The summed E-state index contributed by atoms with van der Waals surface area (Å²) in [4.78, 5) is 0. The molecular weight excluding hydrogens is 317 g/mol. The van der Waals surface area contributed by atoms with E-state index in [1.54, 1.807) is 22.6 Å². The third-order valence-electron chi connectivity index (χ3n) is 4.30. The molecule has 2 aromatic rings. The summed E-state index contributed by atoms with van der Waals surface area (Å²) in [5, 5.41) is 6.88. The number of aryl methyl sites for hydroxylation is 1. The molecule has 124 valence electrons. The van der Waals surface area contributed by atoms with Crippen LogP contribution in [0.15, 0.2) is 36.5 Å². The van der Waals surface area contributed by atoms with Crippen molar-refractivity contribution in [3.63, 3.8) is 0 Å². The van der Waals surface area contributed by atoms with E-state index in [0.717, 1.165) is 24.1 Å². The Morgan fingerprint density at radius 3 is 2.74 bits per heavy atom. The number of nitrogens with one attached hydrogen (secondary N) is 1. The quantitative estimate of drug-likeness (QED) is 0.910. The average Bonchev–Trinajstić information content (AvgIpc) is 3.09. The molecule has 0 spiro atoms. The van der Waals surface area contributed by atoms with Crippen molar-refractivity contribution < 1.29 is 12.8 Å². The highest BCUT2D eigenvalue weighted by molar-refractivity contribution is 7.89. The average molecular weight is 337 g/mol. The third kappa shape index (κ3) is 3.97. The fourth-order valence-corrected chi connectivity index (χ4v) is 4.54. The maximum atomic E-state index is 12.9. The van der Waals surface area contributed by atoms with Crippen LogP contribution < -0.4 is 0 Å². The van der Waals surface area contributed by atoms with E-state index in [4.69, 9.17) is 0 Å². The van der Waals surface area contributed by atoms with E-state index in [2.05, 4.69) is 10.2 Å². The van der Waals surface area contributed by atoms with Gasteiger partial charge in [-0.15, -0.1) is 0 Å². The number of hydrogen-bond donors (Lipinski definition) is 1. The molecule has 1 unspecified atom stereocenters. The fraction of sp³-hybridized carbons (Fsp3) is 0.438. The van der Waals surface area contributed by atoms with Gasteiger partial charge in [-0.3, -0.25) is 5.10 Å². The van der Waals surface area contributed by atoms with Crippen molar-refractivity contribution in [2.75, 3.05) is 18.8 Å². The first kappa shape index (κ1) is 16.1. The van der Waals surface area contributed by atoms with Crippen LogP contribution in [0.4, 0.5) is 4.39 Å². The fourth-order valence-electron chi connectivity index (χ4n) is 2.97. The third-order valence-corrected chi connectivity index (χ3v) is 6.14. The van der Waals surface area contributed by atoms with Crippen LogP contribution in [0.3, 0.4) is 0 Å². The van der Waals surface area contributed by atoms with Crippen molar-refractivity contribution in [1.82, 2.24) is 14.5 Å². The molecule has 5 nitrogen and oxygen atoms in total. The van der Waals surface area contributed by atoms with E-state index in [1.165, 1.54) is 12.1 Å². The standard InChI is InChI=1S/C16H20FN3O2S/c17-15-5-3-13(4-6-15)8-11-23(21,22)20-10-1-2-14(12-20)16-7-9-18-19-16/h3-7,9,14H,1-2,8,10-12H2,(H,18,19). The summed E-state index contributed by atoms with van der Waals surface area (Å²) < 4.78 is 39.6. The van der Waals surface area contributed by atoms with Gasteiger partial charge >= 0.3 is 0 Å². The summed E-state index contributed by atoms with van der Waals surface area (Å²) in [5.74, 6) is -0.0872. The van der Waals surface area contributed by atoms with Gasteiger partial charge in [0.05, 0.1) is 5.75 Å². The van der Waals surface area contributed by atoms with Crippen molar-refractivity contribution >= 4 is 10.0 Å². The van der Waals surface area contributed by atoms with E-state index in [9.17, 15) is 12.8 Å². The highest BCUT2D eigenvalue weighted by Gasteiger charge is 2.29. The van der Waals surface area contributed by atoms with Crippen LogP contribution in [0.2, 0.25) is 0 Å². The molecule has 0 amide bonds. The molecule has 7 heteroatoms. The number of piperidine rings is 1. The van der Waals surface area contributed by atoms with Crippen molar-refractivity contribution in [2.24, 2.45) is 0 Å². The highest BCUT2D eigenvalue weighted by Crippen LogP contribution is 2.27. The summed E-state index contributed by atoms with van der Waals surface area (Å²) in [5.41, 5.74) is 1.82. The van der Waals surface area contributed by atoms with Gasteiger partial charge in [-0.2, -0.15) is 5.10 Å². The topological polar surface area (TPSA) is 66.1 Å². The minimum Gasteiger partial charge on any atom is -0.282 e. The maximum Gasteiger partial charge on any atom is 0.214 e. The van der Waals surface area contributed by atoms with E-state index in [0.29, 0.717) is 19.5 Å². The van der Waals surface area contributed by atoms with E-state index >= 15 is 0 Å². The van der Waals surface area contributed by atoms with E-state index in [1.807, 2.05) is 6.07 Å². The molecule has 23 heavy (non-hydrogen) atoms. The molecule has 1 N–H and O–H groups in total. The number of hydrogen-bond acceptors (Lipinski definition) is 3. The smallest absolute Gasteiger partial charge is 0.214 e. The first-order valence-electron chi connectivity index (χ1n) is 7.76. The largest absolute Gasteiger partial charge is 0.282 e. The molecule has 0 saturated carbocycles. The lowest BCUT2D eigenvalue weighted by atomic mass is 9.96. The van der Waals surface area contributed by atoms with Crippen molar-refractivity contribution in [1.29, 1.82) is 0 Å². The Bertz CT molecular complexity index is 729. The van der Waals surface area contributed by atoms with Crippen LogP contribution in [0, 0.1) is 5.82 Å². The molecule has 0 radical (unpaired) electrons. The molecule has 1 aliphatic rings. The number of aromatic amines is 1. The maximum absolute atomic E-state index is 12.9. The predicted octanol–water partition coefficient (Wildman–Crippen LogP) is 2.30. The molecule has 0 bridgehead atoms. The summed E-state index contributed by atoms with van der Waals surface area (Å²) in [6.07, 6.45) is 3.90. The van der Waals surface area contributed by atoms with Gasteiger partial charge in [0.1, 0.15) is 5.82 Å². The number of benzene rings is 1. The lowest BCUT2D eigenvalue weighted by Crippen LogP contribution is -2.40. The number of H-pyrrole nitrogens is 1. The van der Waals surface area contributed by atoms with Gasteiger partial charge in [0.25, 0.3) is 0 Å². The normalized spacial score (nSPS) is 19.8. The van der Waals surface area contributed by atoms with Gasteiger partial charge in [-0.25, -0.2) is 17.1 Å². The van der Waals surface area contributed by atoms with Gasteiger partial charge in [0.15, 0.2) is 0 Å². The highest BCUT2D eigenvalue weighted by atomic mass is 32.2. The second kappa shape index (κ2) is 6.80. The van der Waals surface area contributed by atoms with E-state index in [-0.39, 0.29) is 17.5 Å². The SMILES string of the molecule is O=S(=O)(CCc1ccc(F)cc1)N1CCCC(c2ccn[nH]2)C1. The van der Waals surface area contributed by atoms with Crippen LogP contribution in [0.5, 0.6) is 0 Å². The first-order chi connectivity index (χ1) is 11.0. The molecule has 2 heterocycles. The van der Waals surface area contributed by atoms with Crippen LogP contribution in [0.1, 0.15) is 30.0 Å². The zero-order valence-corrected chi connectivity index (χ0v) is 13.6. The Morgan fingerprint density at radius 1 is 1.26 bits per heavy atom. The van der Waals surface area contributed by atoms with Gasteiger partial charge in [-0.1, -0.05) is 12.1 Å². The molecule has 1 aromatic carbocycles. The summed E-state index contributed by atoms with van der Waals surface area (Å²) in [6.45, 7) is 1.06. The molecule has 0 aliphatic carbocycles. The zero-order chi connectivity index (χ0) is 16.3. The van der Waals surface area contributed by atoms with Crippen LogP contribution in [0.25, 0.3) is 0 Å². The Hall–Kier alpha value is -1.73. The summed E-state index contributed by atoms with van der Waals surface area (Å²) in [7, 11) is -3.31. The minimum absolute atomic E-state index is 0.0499. The monoisotopic (exact) mass is 337 g/mol. The second-order valence-electron chi connectivity index (χ2n) is 5.90. The molecular formula is C16H20FN3O2S. The number of sulfonamides is 1. The Morgan fingerprint density at radius 2 is 2.04 bits per heavy atom. The molecule has 1 atom stereocenters. The van der Waals surface area contributed by atoms with Crippen LogP contribution in [-0.2, 0) is 16.4 Å². The molecule has 1 fully saturated rings. The van der Waals surface area contributed by atoms with Gasteiger partial charge in [0, 0.05) is 30.9 Å². The zero-order valence-electron chi connectivity index (χ0n) is 12.8. The molecule has 1 aromatic heterocycles. The first-order valence-corrected chi connectivity index (χ1v) is 9.37. The van der Waals surface area contributed by atoms with Crippen LogP contribution in [-0.4, -0.2) is 41.8 Å². The van der Waals surface area contributed by atoms with Gasteiger partial charge in [-0.05, 0) is 43.0 Å². The van der Waals surface area contributed by atoms with Crippen molar-refractivity contribution in [3.05, 3.63) is 53.6 Å². The number of nitrogens with zero attached hydrogens (tertiary/aromatic N) is 2. The summed E-state index contributed by atoms with van der Waals surface area (Å²) >= 11 is 0. The number of rotatable bonds is 5. The Balaban J connectivity index is 1.63. The van der Waals surface area contributed by atoms with Gasteiger partial charge in [0.2, 0.25) is 10.0 Å². The summed E-state index contributed by atoms with van der Waals surface area (Å²) in [6, 6.07) is 7.89. The predicted molar refractivity (Wildman–Crippen MR) is 86.0 cm³/mol. The molecule has 1 saturated heterocycles. The molecule has 3 rings (SSSR count). The van der Waals surface area contributed by atoms with Crippen molar-refractivity contribution in [3.8, 4) is 0 Å². The molecule has 1 aliphatic heterocycles. The van der Waals surface area contributed by atoms with E-state index < -0.39 is 10.0 Å². The number of aromatic nitrogens is 2. The van der Waals surface area contributed by atoms with Gasteiger partial charge < -0.3 is 0 Å². The number of halogens is 1. The Kier molecular flexibility index (Phi) is 4.77. The minimum atomic E-state index is -3.31. The van der Waals surface area contributed by atoms with Crippen LogP contribution >= 0.6 is 0 Å². The lowest BCUT2D eigenvalue weighted by molar-refractivity contribution is 0.312. The second-order valence-corrected chi connectivity index (χ2v) is 7.99. The Labute approximate surface area is 135 Å².